The van der Waals surface area contributed by atoms with E-state index in [1.54, 1.807) is 31.5 Å². The van der Waals surface area contributed by atoms with E-state index in [0.29, 0.717) is 17.1 Å². The topological polar surface area (TPSA) is 61.2 Å². The second-order valence-electron chi connectivity index (χ2n) is 5.67. The lowest BCUT2D eigenvalue weighted by Gasteiger charge is -2.26. The summed E-state index contributed by atoms with van der Waals surface area (Å²) >= 11 is 0. The Morgan fingerprint density at radius 3 is 2.86 bits per heavy atom. The van der Waals surface area contributed by atoms with Gasteiger partial charge >= 0.3 is 5.97 Å². The predicted molar refractivity (Wildman–Crippen MR) is 84.1 cm³/mol. The molecular formula is C17H20N2O3. The quantitative estimate of drug-likeness (QED) is 0.817. The number of esters is 1. The van der Waals surface area contributed by atoms with Crippen LogP contribution < -0.4 is 5.43 Å². The molecule has 22 heavy (non-hydrogen) atoms. The molecule has 0 amide bonds. The third-order valence-corrected chi connectivity index (χ3v) is 4.25. The molecule has 5 nitrogen and oxygen atoms in total. The van der Waals surface area contributed by atoms with Gasteiger partial charge in [-0.05, 0) is 31.9 Å². The molecule has 5 heteroatoms. The zero-order valence-corrected chi connectivity index (χ0v) is 12.7. The van der Waals surface area contributed by atoms with E-state index in [0.717, 1.165) is 12.8 Å². The first-order chi connectivity index (χ1) is 10.7. The Morgan fingerprint density at radius 1 is 1.36 bits per heavy atom. The summed E-state index contributed by atoms with van der Waals surface area (Å²) in [5.41, 5.74) is 0.467. The normalized spacial score (nSPS) is 15.9. The Labute approximate surface area is 128 Å². The molecule has 116 valence electrons. The average molecular weight is 300 g/mol. The van der Waals surface area contributed by atoms with E-state index in [2.05, 4.69) is 4.98 Å². The maximum Gasteiger partial charge on any atom is 0.343 e. The summed E-state index contributed by atoms with van der Waals surface area (Å²) in [7, 11) is 0. The first kappa shape index (κ1) is 14.8. The van der Waals surface area contributed by atoms with Crippen molar-refractivity contribution in [1.29, 1.82) is 0 Å². The summed E-state index contributed by atoms with van der Waals surface area (Å²) in [5, 5.41) is 0.485. The van der Waals surface area contributed by atoms with E-state index in [1.165, 1.54) is 19.3 Å². The van der Waals surface area contributed by atoms with Crippen molar-refractivity contribution in [3.63, 3.8) is 0 Å². The maximum atomic E-state index is 12.5. The molecule has 1 aliphatic rings. The molecule has 3 rings (SSSR count). The fourth-order valence-electron chi connectivity index (χ4n) is 3.18. The van der Waals surface area contributed by atoms with Crippen LogP contribution in [0.3, 0.4) is 0 Å². The molecule has 0 spiro atoms. The van der Waals surface area contributed by atoms with Gasteiger partial charge < -0.3 is 9.30 Å². The summed E-state index contributed by atoms with van der Waals surface area (Å²) in [4.78, 5) is 29.0. The van der Waals surface area contributed by atoms with E-state index < -0.39 is 5.97 Å². The van der Waals surface area contributed by atoms with E-state index in [4.69, 9.17) is 4.74 Å². The number of aromatic nitrogens is 2. The summed E-state index contributed by atoms with van der Waals surface area (Å²) in [6, 6.07) is 3.75. The van der Waals surface area contributed by atoms with Gasteiger partial charge in [-0.2, -0.15) is 0 Å². The second kappa shape index (κ2) is 6.30. The number of fused-ring (bicyclic) bond motifs is 1. The van der Waals surface area contributed by atoms with Gasteiger partial charge in [-0.3, -0.25) is 4.79 Å². The van der Waals surface area contributed by atoms with Crippen LogP contribution in [0.1, 0.15) is 55.4 Å². The number of carbonyl (C=O) groups is 1. The van der Waals surface area contributed by atoms with E-state index in [9.17, 15) is 9.59 Å². The number of pyridine rings is 2. The Balaban J connectivity index is 2.19. The Hall–Kier alpha value is -2.17. The molecule has 2 heterocycles. The van der Waals surface area contributed by atoms with Gasteiger partial charge in [-0.15, -0.1) is 0 Å². The highest BCUT2D eigenvalue weighted by molar-refractivity contribution is 5.93. The van der Waals surface area contributed by atoms with E-state index >= 15 is 0 Å². The molecule has 2 aromatic heterocycles. The van der Waals surface area contributed by atoms with Gasteiger partial charge in [0.1, 0.15) is 11.2 Å². The van der Waals surface area contributed by atoms with Gasteiger partial charge in [0.05, 0.1) is 12.0 Å². The molecule has 0 unspecified atom stereocenters. The number of rotatable bonds is 3. The molecule has 0 atom stereocenters. The lowest BCUT2D eigenvalue weighted by atomic mass is 9.95. The largest absolute Gasteiger partial charge is 0.462 e. The zero-order valence-electron chi connectivity index (χ0n) is 12.7. The molecule has 1 aliphatic carbocycles. The lowest BCUT2D eigenvalue weighted by molar-refractivity contribution is 0.0524. The molecule has 1 fully saturated rings. The van der Waals surface area contributed by atoms with Crippen LogP contribution in [0.5, 0.6) is 0 Å². The van der Waals surface area contributed by atoms with Gasteiger partial charge in [0.15, 0.2) is 0 Å². The smallest absolute Gasteiger partial charge is 0.343 e. The molecule has 0 radical (unpaired) electrons. The van der Waals surface area contributed by atoms with Crippen molar-refractivity contribution in [1.82, 2.24) is 9.55 Å². The summed E-state index contributed by atoms with van der Waals surface area (Å²) in [5.74, 6) is -0.553. The molecule has 2 aromatic rings. The van der Waals surface area contributed by atoms with Crippen LogP contribution in [-0.4, -0.2) is 22.1 Å². The zero-order chi connectivity index (χ0) is 15.5. The van der Waals surface area contributed by atoms with Crippen LogP contribution in [0.15, 0.2) is 29.3 Å². The van der Waals surface area contributed by atoms with Crippen LogP contribution in [0.25, 0.3) is 11.0 Å². The van der Waals surface area contributed by atoms with Crippen molar-refractivity contribution in [2.45, 2.75) is 45.1 Å². The van der Waals surface area contributed by atoms with Crippen LogP contribution >= 0.6 is 0 Å². The Morgan fingerprint density at radius 2 is 2.14 bits per heavy atom. The minimum absolute atomic E-state index is 0.105. The average Bonchev–Trinajstić information content (AvgIpc) is 2.56. The molecule has 0 aliphatic heterocycles. The van der Waals surface area contributed by atoms with Crippen molar-refractivity contribution in [3.05, 3.63) is 40.3 Å². The standard InChI is InChI=1S/C17H20N2O3/c1-2-22-17(21)14-11-19(12-7-4-3-5-8-12)16-13(15(14)20)9-6-10-18-16/h6,9-12H,2-5,7-8H2,1H3. The van der Waals surface area contributed by atoms with Crippen molar-refractivity contribution in [3.8, 4) is 0 Å². The maximum absolute atomic E-state index is 12.5. The second-order valence-corrected chi connectivity index (χ2v) is 5.67. The number of carbonyl (C=O) groups excluding carboxylic acids is 1. The minimum atomic E-state index is -0.553. The Bertz CT molecular complexity index is 745. The molecule has 0 saturated heterocycles. The fraction of sp³-hybridized carbons (Fsp3) is 0.471. The van der Waals surface area contributed by atoms with Crippen molar-refractivity contribution in [2.24, 2.45) is 0 Å². The highest BCUT2D eigenvalue weighted by Crippen LogP contribution is 2.30. The van der Waals surface area contributed by atoms with Gasteiger partial charge in [0.2, 0.25) is 5.43 Å². The van der Waals surface area contributed by atoms with Crippen LogP contribution in [0.4, 0.5) is 0 Å². The minimum Gasteiger partial charge on any atom is -0.462 e. The summed E-state index contributed by atoms with van der Waals surface area (Å²) in [6.45, 7) is 1.99. The Kier molecular flexibility index (Phi) is 4.22. The molecule has 0 bridgehead atoms. The van der Waals surface area contributed by atoms with Gasteiger partial charge in [-0.1, -0.05) is 19.3 Å². The van der Waals surface area contributed by atoms with Crippen LogP contribution in [0, 0.1) is 0 Å². The van der Waals surface area contributed by atoms with E-state index in [1.807, 2.05) is 4.57 Å². The number of hydrogen-bond acceptors (Lipinski definition) is 4. The molecule has 0 aromatic carbocycles. The van der Waals surface area contributed by atoms with Crippen molar-refractivity contribution in [2.75, 3.05) is 6.61 Å². The third kappa shape index (κ3) is 2.63. The van der Waals surface area contributed by atoms with Crippen LogP contribution in [-0.2, 0) is 4.74 Å². The van der Waals surface area contributed by atoms with Gasteiger partial charge in [0, 0.05) is 18.4 Å². The van der Waals surface area contributed by atoms with Gasteiger partial charge in [-0.25, -0.2) is 9.78 Å². The first-order valence-electron chi connectivity index (χ1n) is 7.89. The first-order valence-corrected chi connectivity index (χ1v) is 7.89. The number of nitrogens with zero attached hydrogens (tertiary/aromatic N) is 2. The molecular weight excluding hydrogens is 280 g/mol. The van der Waals surface area contributed by atoms with Gasteiger partial charge in [0.25, 0.3) is 0 Å². The summed E-state index contributed by atoms with van der Waals surface area (Å²) in [6.07, 6.45) is 9.01. The van der Waals surface area contributed by atoms with E-state index in [-0.39, 0.29) is 17.6 Å². The number of hydrogen-bond donors (Lipinski definition) is 0. The number of ether oxygens (including phenoxy) is 1. The lowest BCUT2D eigenvalue weighted by Crippen LogP contribution is -2.24. The third-order valence-electron chi connectivity index (χ3n) is 4.25. The SMILES string of the molecule is CCOC(=O)c1cn(C2CCCCC2)c2ncccc2c1=O. The summed E-state index contributed by atoms with van der Waals surface area (Å²) < 4.78 is 7.03. The van der Waals surface area contributed by atoms with Crippen molar-refractivity contribution < 1.29 is 9.53 Å². The molecule has 1 saturated carbocycles. The predicted octanol–water partition coefficient (Wildman–Crippen LogP) is 3.08. The fourth-order valence-corrected chi connectivity index (χ4v) is 3.18. The highest BCUT2D eigenvalue weighted by Gasteiger charge is 2.22. The monoisotopic (exact) mass is 300 g/mol. The van der Waals surface area contributed by atoms with Crippen LogP contribution in [0.2, 0.25) is 0 Å². The highest BCUT2D eigenvalue weighted by atomic mass is 16.5. The van der Waals surface area contributed by atoms with Crippen molar-refractivity contribution >= 4 is 17.0 Å². The molecule has 0 N–H and O–H groups in total.